The summed E-state index contributed by atoms with van der Waals surface area (Å²) in [4.78, 5) is 12.8. The summed E-state index contributed by atoms with van der Waals surface area (Å²) in [6.07, 6.45) is 12.5. The van der Waals surface area contributed by atoms with Crippen molar-refractivity contribution in [2.45, 2.75) is 58.4 Å². The van der Waals surface area contributed by atoms with E-state index in [1.54, 1.807) is 6.20 Å². The molecule has 1 amide bonds. The van der Waals surface area contributed by atoms with Gasteiger partial charge in [-0.3, -0.25) is 9.48 Å². The highest BCUT2D eigenvalue weighted by Gasteiger charge is 2.51. The average molecular weight is 364 g/mol. The molecule has 1 aromatic heterocycles. The van der Waals surface area contributed by atoms with Gasteiger partial charge in [0.2, 0.25) is 5.91 Å². The lowest BCUT2D eigenvalue weighted by Gasteiger charge is -2.56. The minimum Gasteiger partial charge on any atom is -0.323 e. The zero-order chi connectivity index (χ0) is 18.4. The van der Waals surface area contributed by atoms with Crippen LogP contribution in [0, 0.1) is 30.1 Å². The molecule has 27 heavy (non-hydrogen) atoms. The van der Waals surface area contributed by atoms with Gasteiger partial charge in [0.1, 0.15) is 0 Å². The van der Waals surface area contributed by atoms with Gasteiger partial charge in [0.15, 0.2) is 0 Å². The standard InChI is InChI=1S/C23H29N3O/c1-16-3-2-4-17(5-16)14-26-15-21(13-24-26)25-22(27)12-23-9-18-6-19(10-23)8-20(7-18)11-23/h2-5,13,15,18-20H,6-12,14H2,1H3,(H,25,27). The summed E-state index contributed by atoms with van der Waals surface area (Å²) >= 11 is 0. The van der Waals surface area contributed by atoms with Crippen molar-refractivity contribution in [2.24, 2.45) is 23.2 Å². The van der Waals surface area contributed by atoms with Crippen LogP contribution in [-0.4, -0.2) is 15.7 Å². The Kier molecular flexibility index (Phi) is 4.10. The number of amides is 1. The van der Waals surface area contributed by atoms with Crippen LogP contribution >= 0.6 is 0 Å². The third-order valence-corrected chi connectivity index (χ3v) is 7.04. The predicted molar refractivity (Wildman–Crippen MR) is 106 cm³/mol. The van der Waals surface area contributed by atoms with Crippen LogP contribution < -0.4 is 5.32 Å². The molecule has 4 aliphatic rings. The Labute approximate surface area is 161 Å². The fourth-order valence-corrected chi connectivity index (χ4v) is 6.56. The second-order valence-electron chi connectivity index (χ2n) is 9.56. The highest BCUT2D eigenvalue weighted by atomic mass is 16.1. The van der Waals surface area contributed by atoms with Crippen LogP contribution in [0.2, 0.25) is 0 Å². The normalized spacial score (nSPS) is 31.2. The minimum absolute atomic E-state index is 0.173. The van der Waals surface area contributed by atoms with E-state index in [0.29, 0.717) is 6.42 Å². The number of rotatable bonds is 5. The summed E-state index contributed by atoms with van der Waals surface area (Å²) in [6, 6.07) is 8.46. The molecule has 0 spiro atoms. The zero-order valence-corrected chi connectivity index (χ0v) is 16.2. The number of carbonyl (C=O) groups excluding carboxylic acids is 1. The molecule has 1 aromatic carbocycles. The van der Waals surface area contributed by atoms with Gasteiger partial charge in [0.25, 0.3) is 0 Å². The summed E-state index contributed by atoms with van der Waals surface area (Å²) in [5, 5.41) is 7.53. The van der Waals surface area contributed by atoms with Crippen molar-refractivity contribution in [2.75, 3.05) is 5.32 Å². The Morgan fingerprint density at radius 2 is 1.89 bits per heavy atom. The van der Waals surface area contributed by atoms with Crippen LogP contribution in [0.1, 0.15) is 56.1 Å². The maximum absolute atomic E-state index is 12.8. The first kappa shape index (κ1) is 17.0. The first-order chi connectivity index (χ1) is 13.1. The van der Waals surface area contributed by atoms with Gasteiger partial charge in [0.05, 0.1) is 18.4 Å². The lowest BCUT2D eigenvalue weighted by Crippen LogP contribution is -2.47. The van der Waals surface area contributed by atoms with Crippen molar-refractivity contribution in [3.63, 3.8) is 0 Å². The van der Waals surface area contributed by atoms with Crippen LogP contribution in [0.5, 0.6) is 0 Å². The predicted octanol–water partition coefficient (Wildman–Crippen LogP) is 4.78. The van der Waals surface area contributed by atoms with E-state index in [-0.39, 0.29) is 11.3 Å². The van der Waals surface area contributed by atoms with Crippen LogP contribution in [0.15, 0.2) is 36.7 Å². The zero-order valence-electron chi connectivity index (χ0n) is 16.2. The largest absolute Gasteiger partial charge is 0.323 e. The summed E-state index contributed by atoms with van der Waals surface area (Å²) in [7, 11) is 0. The molecule has 4 saturated carbocycles. The van der Waals surface area contributed by atoms with Crippen molar-refractivity contribution in [1.82, 2.24) is 9.78 Å². The minimum atomic E-state index is 0.173. The summed E-state index contributed by atoms with van der Waals surface area (Å²) in [6.45, 7) is 2.83. The van der Waals surface area contributed by atoms with E-state index in [1.165, 1.54) is 49.7 Å². The SMILES string of the molecule is Cc1cccc(Cn2cc(NC(=O)CC34CC5CC(CC(C5)C3)C4)cn2)c1. The number of hydrogen-bond acceptors (Lipinski definition) is 2. The van der Waals surface area contributed by atoms with Gasteiger partial charge in [0, 0.05) is 12.6 Å². The molecule has 0 aliphatic heterocycles. The van der Waals surface area contributed by atoms with Gasteiger partial charge in [-0.15, -0.1) is 0 Å². The lowest BCUT2D eigenvalue weighted by atomic mass is 9.49. The molecule has 0 saturated heterocycles. The molecule has 4 nitrogen and oxygen atoms in total. The van der Waals surface area contributed by atoms with Crippen LogP contribution in [-0.2, 0) is 11.3 Å². The summed E-state index contributed by atoms with van der Waals surface area (Å²) in [5.74, 6) is 2.84. The molecule has 0 radical (unpaired) electrons. The van der Waals surface area contributed by atoms with Crippen LogP contribution in [0.25, 0.3) is 0 Å². The number of hydrogen-bond donors (Lipinski definition) is 1. The van der Waals surface area contributed by atoms with Gasteiger partial charge < -0.3 is 5.32 Å². The Bertz CT molecular complexity index is 818. The molecule has 1 heterocycles. The smallest absolute Gasteiger partial charge is 0.225 e. The van der Waals surface area contributed by atoms with Crippen LogP contribution in [0.4, 0.5) is 5.69 Å². The topological polar surface area (TPSA) is 46.9 Å². The molecule has 0 unspecified atom stereocenters. The molecule has 142 valence electrons. The van der Waals surface area contributed by atoms with E-state index >= 15 is 0 Å². The Balaban J connectivity index is 1.21. The molecular formula is C23H29N3O. The molecule has 4 bridgehead atoms. The third kappa shape index (κ3) is 3.54. The maximum Gasteiger partial charge on any atom is 0.225 e. The van der Waals surface area contributed by atoms with Gasteiger partial charge in [-0.05, 0) is 74.2 Å². The quantitative estimate of drug-likeness (QED) is 0.830. The third-order valence-electron chi connectivity index (χ3n) is 7.04. The maximum atomic E-state index is 12.8. The van der Waals surface area contributed by atoms with E-state index < -0.39 is 0 Å². The number of aromatic nitrogens is 2. The van der Waals surface area contributed by atoms with E-state index in [1.807, 2.05) is 10.9 Å². The number of aryl methyl sites for hydroxylation is 1. The molecule has 2 aromatic rings. The van der Waals surface area contributed by atoms with E-state index in [4.69, 9.17) is 0 Å². The number of benzene rings is 1. The molecular weight excluding hydrogens is 334 g/mol. The van der Waals surface area contributed by atoms with Gasteiger partial charge in [-0.2, -0.15) is 5.10 Å². The number of carbonyl (C=O) groups is 1. The van der Waals surface area contributed by atoms with Crippen molar-refractivity contribution < 1.29 is 4.79 Å². The molecule has 6 rings (SSSR count). The molecule has 4 aliphatic carbocycles. The highest BCUT2D eigenvalue weighted by molar-refractivity contribution is 5.90. The molecule has 4 fully saturated rings. The fraction of sp³-hybridized carbons (Fsp3) is 0.565. The second-order valence-corrected chi connectivity index (χ2v) is 9.56. The molecule has 1 N–H and O–H groups in total. The number of anilines is 1. The highest BCUT2D eigenvalue weighted by Crippen LogP contribution is 2.61. The van der Waals surface area contributed by atoms with Gasteiger partial charge >= 0.3 is 0 Å². The van der Waals surface area contributed by atoms with Crippen molar-refractivity contribution >= 4 is 11.6 Å². The monoisotopic (exact) mass is 363 g/mol. The summed E-state index contributed by atoms with van der Waals surface area (Å²) < 4.78 is 1.90. The van der Waals surface area contributed by atoms with Crippen molar-refractivity contribution in [3.05, 3.63) is 47.8 Å². The van der Waals surface area contributed by atoms with E-state index in [2.05, 4.69) is 41.6 Å². The fourth-order valence-electron chi connectivity index (χ4n) is 6.56. The Hall–Kier alpha value is -2.10. The van der Waals surface area contributed by atoms with Gasteiger partial charge in [-0.25, -0.2) is 0 Å². The molecule has 0 atom stereocenters. The first-order valence-corrected chi connectivity index (χ1v) is 10.4. The molecule has 4 heteroatoms. The van der Waals surface area contributed by atoms with Crippen LogP contribution in [0.3, 0.4) is 0 Å². The lowest BCUT2D eigenvalue weighted by molar-refractivity contribution is -0.124. The second kappa shape index (κ2) is 6.50. The number of nitrogens with zero attached hydrogens (tertiary/aromatic N) is 2. The van der Waals surface area contributed by atoms with E-state index in [0.717, 1.165) is 30.0 Å². The number of nitrogens with one attached hydrogen (secondary N) is 1. The first-order valence-electron chi connectivity index (χ1n) is 10.4. The van der Waals surface area contributed by atoms with Gasteiger partial charge in [-0.1, -0.05) is 29.8 Å². The average Bonchev–Trinajstić information content (AvgIpc) is 2.99. The van der Waals surface area contributed by atoms with E-state index in [9.17, 15) is 4.79 Å². The van der Waals surface area contributed by atoms with Crippen molar-refractivity contribution in [3.8, 4) is 0 Å². The Morgan fingerprint density at radius 3 is 2.56 bits per heavy atom. The van der Waals surface area contributed by atoms with Crippen molar-refractivity contribution in [1.29, 1.82) is 0 Å². The Morgan fingerprint density at radius 1 is 1.19 bits per heavy atom. The summed E-state index contributed by atoms with van der Waals surface area (Å²) in [5.41, 5.74) is 3.59.